The smallest absolute Gasteiger partial charge is 0.328 e. The highest BCUT2D eigenvalue weighted by Gasteiger charge is 2.38. The number of halogens is 2. The standard InChI is InChI=1S/C14H17F2NO3/c1-14(13(18)19,17-8-10-3-2-6-20-10)11-5-4-9(15)7-12(11)16/h4-5,7,10,17H,2-3,6,8H2,1H3,(H,18,19). The van der Waals surface area contributed by atoms with Crippen LogP contribution in [0.2, 0.25) is 0 Å². The first-order valence-electron chi connectivity index (χ1n) is 6.49. The third kappa shape index (κ3) is 2.96. The van der Waals surface area contributed by atoms with Crippen molar-refractivity contribution in [2.45, 2.75) is 31.4 Å². The fourth-order valence-corrected chi connectivity index (χ4v) is 2.30. The Morgan fingerprint density at radius 1 is 1.55 bits per heavy atom. The minimum Gasteiger partial charge on any atom is -0.480 e. The first kappa shape index (κ1) is 14.9. The van der Waals surface area contributed by atoms with Gasteiger partial charge in [-0.25, -0.2) is 13.6 Å². The number of carboxylic acids is 1. The molecular formula is C14H17F2NO3. The lowest BCUT2D eigenvalue weighted by Gasteiger charge is -2.28. The van der Waals surface area contributed by atoms with Crippen molar-refractivity contribution in [1.82, 2.24) is 5.32 Å². The van der Waals surface area contributed by atoms with Gasteiger partial charge in [0.1, 0.15) is 17.2 Å². The zero-order valence-corrected chi connectivity index (χ0v) is 11.2. The molecule has 0 aliphatic carbocycles. The van der Waals surface area contributed by atoms with Gasteiger partial charge in [-0.3, -0.25) is 5.32 Å². The monoisotopic (exact) mass is 285 g/mol. The maximum absolute atomic E-state index is 13.8. The average molecular weight is 285 g/mol. The minimum atomic E-state index is -1.62. The molecule has 2 unspecified atom stereocenters. The lowest BCUT2D eigenvalue weighted by Crippen LogP contribution is -2.49. The van der Waals surface area contributed by atoms with Crippen LogP contribution in [0.25, 0.3) is 0 Å². The summed E-state index contributed by atoms with van der Waals surface area (Å²) in [5.74, 6) is -2.84. The van der Waals surface area contributed by atoms with Crippen LogP contribution in [0.4, 0.5) is 8.78 Å². The minimum absolute atomic E-state index is 0.0721. The number of ether oxygens (including phenoxy) is 1. The third-order valence-corrected chi connectivity index (χ3v) is 3.60. The van der Waals surface area contributed by atoms with Gasteiger partial charge in [0.2, 0.25) is 0 Å². The molecule has 0 spiro atoms. The van der Waals surface area contributed by atoms with E-state index in [4.69, 9.17) is 4.74 Å². The van der Waals surface area contributed by atoms with E-state index in [2.05, 4.69) is 5.32 Å². The van der Waals surface area contributed by atoms with Crippen molar-refractivity contribution in [2.24, 2.45) is 0 Å². The van der Waals surface area contributed by atoms with Gasteiger partial charge in [-0.1, -0.05) is 6.07 Å². The van der Waals surface area contributed by atoms with E-state index in [1.807, 2.05) is 0 Å². The Kier molecular flexibility index (Phi) is 4.35. The molecule has 4 nitrogen and oxygen atoms in total. The second kappa shape index (κ2) is 5.85. The van der Waals surface area contributed by atoms with Gasteiger partial charge in [0.15, 0.2) is 0 Å². The van der Waals surface area contributed by atoms with Crippen molar-refractivity contribution in [1.29, 1.82) is 0 Å². The molecule has 1 heterocycles. The Bertz CT molecular complexity index is 503. The summed E-state index contributed by atoms with van der Waals surface area (Å²) in [6, 6.07) is 2.89. The molecular weight excluding hydrogens is 268 g/mol. The topological polar surface area (TPSA) is 58.6 Å². The van der Waals surface area contributed by atoms with Crippen LogP contribution in [0, 0.1) is 11.6 Å². The summed E-state index contributed by atoms with van der Waals surface area (Å²) in [5, 5.41) is 12.2. The highest BCUT2D eigenvalue weighted by Crippen LogP contribution is 2.25. The van der Waals surface area contributed by atoms with E-state index in [1.165, 1.54) is 6.92 Å². The molecule has 0 bridgehead atoms. The molecule has 20 heavy (non-hydrogen) atoms. The Morgan fingerprint density at radius 2 is 2.30 bits per heavy atom. The van der Waals surface area contributed by atoms with Gasteiger partial charge in [-0.15, -0.1) is 0 Å². The first-order valence-corrected chi connectivity index (χ1v) is 6.49. The molecule has 0 saturated carbocycles. The predicted octanol–water partition coefficient (Wildman–Crippen LogP) is 2.03. The van der Waals surface area contributed by atoms with Gasteiger partial charge in [-0.05, 0) is 25.8 Å². The quantitative estimate of drug-likeness (QED) is 0.869. The molecule has 1 aliphatic heterocycles. The van der Waals surface area contributed by atoms with E-state index >= 15 is 0 Å². The number of benzene rings is 1. The van der Waals surface area contributed by atoms with Gasteiger partial charge >= 0.3 is 5.97 Å². The summed E-state index contributed by atoms with van der Waals surface area (Å²) in [6.07, 6.45) is 1.70. The van der Waals surface area contributed by atoms with Crippen molar-refractivity contribution >= 4 is 5.97 Å². The number of carbonyl (C=O) groups is 1. The second-order valence-corrected chi connectivity index (χ2v) is 5.07. The molecule has 0 amide bonds. The number of hydrogen-bond donors (Lipinski definition) is 2. The normalized spacial score (nSPS) is 21.6. The highest BCUT2D eigenvalue weighted by atomic mass is 19.1. The van der Waals surface area contributed by atoms with Crippen molar-refractivity contribution in [3.05, 3.63) is 35.4 Å². The number of hydrogen-bond acceptors (Lipinski definition) is 3. The maximum Gasteiger partial charge on any atom is 0.328 e. The third-order valence-electron chi connectivity index (χ3n) is 3.60. The SMILES string of the molecule is CC(NCC1CCCO1)(C(=O)O)c1ccc(F)cc1F. The van der Waals surface area contributed by atoms with Gasteiger partial charge < -0.3 is 9.84 Å². The summed E-state index contributed by atoms with van der Waals surface area (Å²) in [6.45, 7) is 2.32. The van der Waals surface area contributed by atoms with Crippen LogP contribution in [0.1, 0.15) is 25.3 Å². The van der Waals surface area contributed by atoms with Crippen LogP contribution in [-0.4, -0.2) is 30.3 Å². The molecule has 6 heteroatoms. The van der Waals surface area contributed by atoms with E-state index < -0.39 is 23.1 Å². The van der Waals surface area contributed by atoms with Gasteiger partial charge in [0, 0.05) is 24.8 Å². The lowest BCUT2D eigenvalue weighted by molar-refractivity contribution is -0.145. The predicted molar refractivity (Wildman–Crippen MR) is 68.3 cm³/mol. The lowest BCUT2D eigenvalue weighted by atomic mass is 9.91. The van der Waals surface area contributed by atoms with Crippen molar-refractivity contribution < 1.29 is 23.4 Å². The molecule has 1 aromatic rings. The van der Waals surface area contributed by atoms with Gasteiger partial charge in [-0.2, -0.15) is 0 Å². The molecule has 0 aromatic heterocycles. The van der Waals surface area contributed by atoms with E-state index in [0.717, 1.165) is 25.0 Å². The van der Waals surface area contributed by atoms with Crippen molar-refractivity contribution in [3.8, 4) is 0 Å². The van der Waals surface area contributed by atoms with E-state index in [9.17, 15) is 18.7 Å². The number of nitrogens with one attached hydrogen (secondary N) is 1. The second-order valence-electron chi connectivity index (χ2n) is 5.07. The van der Waals surface area contributed by atoms with E-state index in [0.29, 0.717) is 19.2 Å². The van der Waals surface area contributed by atoms with E-state index in [-0.39, 0.29) is 11.7 Å². The Labute approximate surface area is 115 Å². The molecule has 1 saturated heterocycles. The molecule has 0 radical (unpaired) electrons. The van der Waals surface area contributed by atoms with E-state index in [1.54, 1.807) is 0 Å². The molecule has 110 valence electrons. The molecule has 1 aliphatic rings. The first-order chi connectivity index (χ1) is 9.43. The Balaban J connectivity index is 2.21. The van der Waals surface area contributed by atoms with Crippen molar-refractivity contribution in [2.75, 3.05) is 13.2 Å². The fraction of sp³-hybridized carbons (Fsp3) is 0.500. The zero-order chi connectivity index (χ0) is 14.8. The molecule has 2 rings (SSSR count). The van der Waals surface area contributed by atoms with Crippen LogP contribution in [0.5, 0.6) is 0 Å². The molecule has 1 fully saturated rings. The van der Waals surface area contributed by atoms with Crippen LogP contribution in [0.3, 0.4) is 0 Å². The van der Waals surface area contributed by atoms with Gasteiger partial charge in [0.25, 0.3) is 0 Å². The van der Waals surface area contributed by atoms with Crippen LogP contribution >= 0.6 is 0 Å². The summed E-state index contributed by atoms with van der Waals surface area (Å²) < 4.78 is 32.2. The van der Waals surface area contributed by atoms with Gasteiger partial charge in [0.05, 0.1) is 6.10 Å². The molecule has 2 N–H and O–H groups in total. The number of rotatable bonds is 5. The Morgan fingerprint density at radius 3 is 2.85 bits per heavy atom. The maximum atomic E-state index is 13.8. The number of carboxylic acid groups (broad SMARTS) is 1. The molecule has 2 atom stereocenters. The number of aliphatic carboxylic acids is 1. The van der Waals surface area contributed by atoms with Crippen LogP contribution in [0.15, 0.2) is 18.2 Å². The largest absolute Gasteiger partial charge is 0.480 e. The van der Waals surface area contributed by atoms with Crippen LogP contribution < -0.4 is 5.32 Å². The summed E-state index contributed by atoms with van der Waals surface area (Å²) in [4.78, 5) is 11.5. The summed E-state index contributed by atoms with van der Waals surface area (Å²) >= 11 is 0. The molecule has 1 aromatic carbocycles. The Hall–Kier alpha value is -1.53. The average Bonchev–Trinajstić information content (AvgIpc) is 2.88. The highest BCUT2D eigenvalue weighted by molar-refractivity contribution is 5.80. The van der Waals surface area contributed by atoms with Crippen molar-refractivity contribution in [3.63, 3.8) is 0 Å². The fourth-order valence-electron chi connectivity index (χ4n) is 2.30. The van der Waals surface area contributed by atoms with Crippen LogP contribution in [-0.2, 0) is 15.1 Å². The summed E-state index contributed by atoms with van der Waals surface area (Å²) in [5.41, 5.74) is -1.71. The summed E-state index contributed by atoms with van der Waals surface area (Å²) in [7, 11) is 0. The zero-order valence-electron chi connectivity index (χ0n) is 11.2.